The van der Waals surface area contributed by atoms with Crippen molar-refractivity contribution in [3.63, 3.8) is 0 Å². The normalized spacial score (nSPS) is 11.3. The fraction of sp³-hybridized carbons (Fsp3) is 0.278. The minimum atomic E-state index is -3.47. The van der Waals surface area contributed by atoms with Crippen molar-refractivity contribution in [1.29, 1.82) is 0 Å². The van der Waals surface area contributed by atoms with Gasteiger partial charge in [0.15, 0.2) is 0 Å². The second kappa shape index (κ2) is 9.37. The van der Waals surface area contributed by atoms with Gasteiger partial charge in [-0.25, -0.2) is 13.1 Å². The zero-order valence-corrected chi connectivity index (χ0v) is 16.6. The van der Waals surface area contributed by atoms with E-state index in [1.165, 1.54) is 0 Å². The number of anilines is 1. The first kappa shape index (κ1) is 20.7. The first-order valence-electron chi connectivity index (χ1n) is 8.15. The molecule has 0 heterocycles. The molecule has 0 aliphatic carbocycles. The van der Waals surface area contributed by atoms with E-state index in [-0.39, 0.29) is 17.2 Å². The van der Waals surface area contributed by atoms with Crippen LogP contribution in [0.2, 0.25) is 10.0 Å². The van der Waals surface area contributed by atoms with Crippen LogP contribution in [0.15, 0.2) is 47.4 Å². The zero-order valence-electron chi connectivity index (χ0n) is 14.3. The summed E-state index contributed by atoms with van der Waals surface area (Å²) in [6.07, 6.45) is 1.49. The molecule has 5 nitrogen and oxygen atoms in total. The van der Waals surface area contributed by atoms with Crippen molar-refractivity contribution in [1.82, 2.24) is 4.72 Å². The van der Waals surface area contributed by atoms with Gasteiger partial charge in [0.1, 0.15) is 0 Å². The minimum absolute atomic E-state index is 0.162. The van der Waals surface area contributed by atoms with E-state index in [0.29, 0.717) is 28.7 Å². The summed E-state index contributed by atoms with van der Waals surface area (Å²) >= 11 is 11.8. The van der Waals surface area contributed by atoms with E-state index in [1.807, 2.05) is 6.92 Å². The molecular weight excluding hydrogens is 395 g/mol. The molecule has 0 aliphatic heterocycles. The lowest BCUT2D eigenvalue weighted by atomic mass is 10.1. The highest BCUT2D eigenvalue weighted by Gasteiger charge is 2.12. The van der Waals surface area contributed by atoms with E-state index in [0.717, 1.165) is 12.0 Å². The third kappa shape index (κ3) is 5.99. The highest BCUT2D eigenvalue weighted by molar-refractivity contribution is 7.89. The van der Waals surface area contributed by atoms with Crippen molar-refractivity contribution in [2.45, 2.75) is 31.1 Å². The number of carbonyl (C=O) groups excluding carboxylic acids is 1. The van der Waals surface area contributed by atoms with Gasteiger partial charge in [-0.2, -0.15) is 0 Å². The van der Waals surface area contributed by atoms with Gasteiger partial charge in [-0.05, 0) is 48.7 Å². The highest BCUT2D eigenvalue weighted by atomic mass is 35.5. The predicted octanol–water partition coefficient (Wildman–Crippen LogP) is 4.25. The molecule has 0 saturated heterocycles. The molecule has 0 fully saturated rings. The summed E-state index contributed by atoms with van der Waals surface area (Å²) in [5.41, 5.74) is 1.46. The molecule has 26 heavy (non-hydrogen) atoms. The third-order valence-corrected chi connectivity index (χ3v) is 5.84. The zero-order chi connectivity index (χ0) is 19.2. The van der Waals surface area contributed by atoms with Gasteiger partial charge in [0, 0.05) is 18.7 Å². The molecule has 0 radical (unpaired) electrons. The Hall–Kier alpha value is -1.60. The quantitative estimate of drug-likeness (QED) is 0.677. The Morgan fingerprint density at radius 1 is 1.04 bits per heavy atom. The van der Waals surface area contributed by atoms with E-state index in [2.05, 4.69) is 10.0 Å². The Labute approximate surface area is 163 Å². The van der Waals surface area contributed by atoms with Crippen molar-refractivity contribution in [2.24, 2.45) is 0 Å². The Morgan fingerprint density at radius 3 is 2.35 bits per heavy atom. The van der Waals surface area contributed by atoms with Gasteiger partial charge in [0.2, 0.25) is 15.9 Å². The number of benzene rings is 2. The molecule has 2 N–H and O–H groups in total. The number of halogens is 2. The maximum Gasteiger partial charge on any atom is 0.240 e. The van der Waals surface area contributed by atoms with E-state index >= 15 is 0 Å². The Bertz CT molecular complexity index is 869. The average molecular weight is 415 g/mol. The Kier molecular flexibility index (Phi) is 7.46. The second-order valence-corrected chi connectivity index (χ2v) is 8.30. The van der Waals surface area contributed by atoms with Crippen molar-refractivity contribution >= 4 is 44.8 Å². The van der Waals surface area contributed by atoms with Gasteiger partial charge in [-0.3, -0.25) is 4.79 Å². The Morgan fingerprint density at radius 2 is 1.73 bits per heavy atom. The summed E-state index contributed by atoms with van der Waals surface area (Å²) in [5.74, 6) is -0.162. The molecule has 0 aromatic heterocycles. The van der Waals surface area contributed by atoms with Crippen LogP contribution in [0, 0.1) is 0 Å². The van der Waals surface area contributed by atoms with Gasteiger partial charge in [-0.15, -0.1) is 0 Å². The number of rotatable bonds is 8. The molecule has 2 rings (SSSR count). The maximum atomic E-state index is 12.0. The molecule has 2 aromatic carbocycles. The first-order valence-corrected chi connectivity index (χ1v) is 10.4. The summed E-state index contributed by atoms with van der Waals surface area (Å²) in [7, 11) is -3.47. The van der Waals surface area contributed by atoms with Crippen LogP contribution in [0.4, 0.5) is 5.69 Å². The molecule has 0 unspecified atom stereocenters. The van der Waals surface area contributed by atoms with Gasteiger partial charge in [-0.1, -0.05) is 42.3 Å². The van der Waals surface area contributed by atoms with Crippen LogP contribution >= 0.6 is 23.2 Å². The lowest BCUT2D eigenvalue weighted by molar-refractivity contribution is -0.116. The predicted molar refractivity (Wildman–Crippen MR) is 105 cm³/mol. The summed E-state index contributed by atoms with van der Waals surface area (Å²) in [5, 5.41) is 3.55. The Balaban J connectivity index is 1.91. The number of carbonyl (C=O) groups is 1. The molecule has 0 spiro atoms. The van der Waals surface area contributed by atoms with Crippen molar-refractivity contribution in [3.05, 3.63) is 58.1 Å². The molecule has 1 amide bonds. The number of aryl methyl sites for hydroxylation is 1. The van der Waals surface area contributed by atoms with E-state index in [1.54, 1.807) is 42.5 Å². The molecule has 0 bridgehead atoms. The van der Waals surface area contributed by atoms with Gasteiger partial charge < -0.3 is 5.32 Å². The van der Waals surface area contributed by atoms with Crippen LogP contribution in [0.1, 0.15) is 25.3 Å². The maximum absolute atomic E-state index is 12.0. The van der Waals surface area contributed by atoms with Crippen LogP contribution in [-0.4, -0.2) is 20.9 Å². The third-order valence-electron chi connectivity index (χ3n) is 3.62. The monoisotopic (exact) mass is 414 g/mol. The molecule has 0 saturated carbocycles. The van der Waals surface area contributed by atoms with Crippen LogP contribution in [0.25, 0.3) is 0 Å². The second-order valence-electron chi connectivity index (χ2n) is 5.72. The number of amides is 1. The SMILES string of the molecule is CCCNS(=O)(=O)c1ccc(CCC(=O)Nc2ccc(Cl)c(Cl)c2)cc1. The fourth-order valence-corrected chi connectivity index (χ4v) is 3.64. The number of nitrogens with one attached hydrogen (secondary N) is 2. The van der Waals surface area contributed by atoms with Crippen molar-refractivity contribution in [2.75, 3.05) is 11.9 Å². The minimum Gasteiger partial charge on any atom is -0.326 e. The largest absolute Gasteiger partial charge is 0.326 e. The standard InChI is InChI=1S/C18H20Cl2N2O3S/c1-2-11-21-26(24,25)15-7-3-13(4-8-15)5-10-18(23)22-14-6-9-16(19)17(20)12-14/h3-4,6-9,12,21H,2,5,10-11H2,1H3,(H,22,23). The van der Waals surface area contributed by atoms with Gasteiger partial charge in [0.25, 0.3) is 0 Å². The lowest BCUT2D eigenvalue weighted by Crippen LogP contribution is -2.24. The number of hydrogen-bond acceptors (Lipinski definition) is 3. The van der Waals surface area contributed by atoms with Crippen molar-refractivity contribution < 1.29 is 13.2 Å². The first-order chi connectivity index (χ1) is 12.3. The summed E-state index contributed by atoms with van der Waals surface area (Å²) in [6, 6.07) is 11.4. The smallest absolute Gasteiger partial charge is 0.240 e. The van der Waals surface area contributed by atoms with Crippen LogP contribution < -0.4 is 10.0 Å². The van der Waals surface area contributed by atoms with E-state index in [9.17, 15) is 13.2 Å². The molecule has 8 heteroatoms. The van der Waals surface area contributed by atoms with Crippen LogP contribution in [0.3, 0.4) is 0 Å². The van der Waals surface area contributed by atoms with Gasteiger partial charge >= 0.3 is 0 Å². The molecular formula is C18H20Cl2N2O3S. The van der Waals surface area contributed by atoms with E-state index in [4.69, 9.17) is 23.2 Å². The fourth-order valence-electron chi connectivity index (χ4n) is 2.21. The van der Waals surface area contributed by atoms with Crippen molar-refractivity contribution in [3.8, 4) is 0 Å². The number of hydrogen-bond donors (Lipinski definition) is 2. The topological polar surface area (TPSA) is 75.3 Å². The molecule has 0 aliphatic rings. The molecule has 140 valence electrons. The van der Waals surface area contributed by atoms with Crippen LogP contribution in [-0.2, 0) is 21.2 Å². The summed E-state index contributed by atoms with van der Waals surface area (Å²) in [6.45, 7) is 2.30. The molecule has 2 aromatic rings. The average Bonchev–Trinajstić information content (AvgIpc) is 2.62. The lowest BCUT2D eigenvalue weighted by Gasteiger charge is -2.08. The van der Waals surface area contributed by atoms with Crippen LogP contribution in [0.5, 0.6) is 0 Å². The summed E-state index contributed by atoms with van der Waals surface area (Å²) < 4.78 is 26.6. The van der Waals surface area contributed by atoms with Gasteiger partial charge in [0.05, 0.1) is 14.9 Å². The number of sulfonamides is 1. The summed E-state index contributed by atoms with van der Waals surface area (Å²) in [4.78, 5) is 12.3. The highest BCUT2D eigenvalue weighted by Crippen LogP contribution is 2.25. The molecule has 0 atom stereocenters. The van der Waals surface area contributed by atoms with E-state index < -0.39 is 10.0 Å².